The van der Waals surface area contributed by atoms with Crippen LogP contribution in [-0.2, 0) is 24.1 Å². The Kier molecular flexibility index (Phi) is 4.99. The minimum absolute atomic E-state index is 0.0256. The van der Waals surface area contributed by atoms with E-state index in [0.717, 1.165) is 11.6 Å². The molecule has 0 aliphatic carbocycles. The van der Waals surface area contributed by atoms with Crippen LogP contribution >= 0.6 is 0 Å². The summed E-state index contributed by atoms with van der Waals surface area (Å²) in [4.78, 5) is 12.0. The molecule has 2 N–H and O–H groups in total. The van der Waals surface area contributed by atoms with Gasteiger partial charge in [0, 0.05) is 30.0 Å². The van der Waals surface area contributed by atoms with Gasteiger partial charge in [0.1, 0.15) is 0 Å². The van der Waals surface area contributed by atoms with Gasteiger partial charge < -0.3 is 15.0 Å². The van der Waals surface area contributed by atoms with E-state index in [1.807, 2.05) is 6.07 Å². The molecule has 4 aromatic rings. The zero-order valence-corrected chi connectivity index (χ0v) is 16.1. The van der Waals surface area contributed by atoms with Crippen molar-refractivity contribution in [3.8, 4) is 0 Å². The number of carbonyl (C=O) groups excluding carboxylic acids is 1. The van der Waals surface area contributed by atoms with E-state index < -0.39 is 17.6 Å². The summed E-state index contributed by atoms with van der Waals surface area (Å²) in [5, 5.41) is 1.21. The molecule has 0 bridgehead atoms. The molecule has 0 aliphatic rings. The number of primary amides is 1. The van der Waals surface area contributed by atoms with E-state index in [1.165, 1.54) is 12.1 Å². The predicted molar refractivity (Wildman–Crippen MR) is 108 cm³/mol. The molecular formula is C23H18F3N2O2. The standard InChI is InChI=1S/C23H18F3N2O2/c1-30-13-14-9-10-16-20(11-14)28(19-8-4-6-17(21(16)19)22(27)29)12-15-5-2-3-7-18(15)23(24,25)26/h2-9,11H,12-13H2,1H3,(H2,27,29). The quantitative estimate of drug-likeness (QED) is 0.508. The van der Waals surface area contributed by atoms with E-state index in [4.69, 9.17) is 10.5 Å². The second-order valence-corrected chi connectivity index (χ2v) is 7.01. The number of aromatic nitrogens is 1. The number of rotatable bonds is 5. The summed E-state index contributed by atoms with van der Waals surface area (Å²) in [6.45, 7) is 0.304. The van der Waals surface area contributed by atoms with E-state index in [2.05, 4.69) is 6.07 Å². The maximum absolute atomic E-state index is 13.5. The normalized spacial score (nSPS) is 12.0. The van der Waals surface area contributed by atoms with Gasteiger partial charge in [0.2, 0.25) is 5.91 Å². The van der Waals surface area contributed by atoms with E-state index >= 15 is 0 Å². The van der Waals surface area contributed by atoms with Crippen molar-refractivity contribution in [1.29, 1.82) is 0 Å². The Hall–Kier alpha value is -3.32. The summed E-state index contributed by atoms with van der Waals surface area (Å²) < 4.78 is 47.6. The Morgan fingerprint density at radius 2 is 1.90 bits per heavy atom. The smallest absolute Gasteiger partial charge is 0.380 e. The molecular weight excluding hydrogens is 393 g/mol. The number of nitrogens with zero attached hydrogens (tertiary/aromatic N) is 1. The van der Waals surface area contributed by atoms with Crippen molar-refractivity contribution in [3.63, 3.8) is 0 Å². The molecule has 4 nitrogen and oxygen atoms in total. The van der Waals surface area contributed by atoms with Crippen molar-refractivity contribution in [3.05, 3.63) is 82.9 Å². The molecule has 1 heterocycles. The number of alkyl halides is 3. The average Bonchev–Trinajstić information content (AvgIpc) is 3.01. The molecule has 0 atom stereocenters. The second-order valence-electron chi connectivity index (χ2n) is 7.01. The summed E-state index contributed by atoms with van der Waals surface area (Å²) in [7, 11) is 1.56. The van der Waals surface area contributed by atoms with E-state index in [1.54, 1.807) is 42.0 Å². The minimum atomic E-state index is -4.47. The third-order valence-electron chi connectivity index (χ3n) is 5.08. The van der Waals surface area contributed by atoms with Gasteiger partial charge in [0.15, 0.2) is 0 Å². The topological polar surface area (TPSA) is 57.2 Å². The summed E-state index contributed by atoms with van der Waals surface area (Å²) in [6.07, 6.45) is -4.47. The lowest BCUT2D eigenvalue weighted by Gasteiger charge is -2.15. The molecule has 0 spiro atoms. The molecule has 1 amide bonds. The Labute approximate surface area is 170 Å². The largest absolute Gasteiger partial charge is 0.416 e. The van der Waals surface area contributed by atoms with Gasteiger partial charge in [-0.2, -0.15) is 13.2 Å². The highest BCUT2D eigenvalue weighted by Crippen LogP contribution is 2.36. The van der Waals surface area contributed by atoms with Crippen molar-refractivity contribution in [2.45, 2.75) is 19.3 Å². The first-order valence-electron chi connectivity index (χ1n) is 9.20. The highest BCUT2D eigenvalue weighted by atomic mass is 19.4. The van der Waals surface area contributed by atoms with E-state index in [0.29, 0.717) is 34.0 Å². The van der Waals surface area contributed by atoms with Crippen LogP contribution in [0.5, 0.6) is 0 Å². The monoisotopic (exact) mass is 411 g/mol. The molecule has 3 aromatic carbocycles. The van der Waals surface area contributed by atoms with Crippen LogP contribution < -0.4 is 5.73 Å². The Morgan fingerprint density at radius 1 is 1.13 bits per heavy atom. The number of nitrogens with two attached hydrogens (primary N) is 1. The first kappa shape index (κ1) is 20.0. The zero-order valence-electron chi connectivity index (χ0n) is 16.1. The highest BCUT2D eigenvalue weighted by molar-refractivity contribution is 6.17. The van der Waals surface area contributed by atoms with Crippen LogP contribution in [0.25, 0.3) is 21.8 Å². The molecule has 4 rings (SSSR count). The third kappa shape index (κ3) is 3.41. The lowest BCUT2D eigenvalue weighted by atomic mass is 10.0. The van der Waals surface area contributed by atoms with Crippen molar-refractivity contribution >= 4 is 27.7 Å². The molecule has 0 unspecified atom stereocenters. The van der Waals surface area contributed by atoms with E-state index in [-0.39, 0.29) is 12.1 Å². The molecule has 0 saturated heterocycles. The van der Waals surface area contributed by atoms with Gasteiger partial charge in [-0.3, -0.25) is 4.79 Å². The molecule has 7 heteroatoms. The fourth-order valence-electron chi connectivity index (χ4n) is 3.83. The van der Waals surface area contributed by atoms with Gasteiger partial charge in [-0.15, -0.1) is 0 Å². The number of fused-ring (bicyclic) bond motifs is 3. The summed E-state index contributed by atoms with van der Waals surface area (Å²) in [5.41, 5.74) is 7.39. The number of hydrogen-bond acceptors (Lipinski definition) is 2. The molecule has 1 radical (unpaired) electrons. The molecule has 0 saturated carbocycles. The number of benzene rings is 3. The summed E-state index contributed by atoms with van der Waals surface area (Å²) in [5.74, 6) is -0.607. The lowest BCUT2D eigenvalue weighted by molar-refractivity contribution is -0.138. The van der Waals surface area contributed by atoms with Gasteiger partial charge >= 0.3 is 6.18 Å². The SMILES string of the molecule is COCc1c[c]c2c3c(C(N)=O)cccc3n(Cc3ccccc3C(F)(F)F)c2c1. The third-order valence-corrected chi connectivity index (χ3v) is 5.08. The van der Waals surface area contributed by atoms with Crippen LogP contribution in [0, 0.1) is 6.07 Å². The van der Waals surface area contributed by atoms with Crippen LogP contribution in [0.4, 0.5) is 13.2 Å². The Morgan fingerprint density at radius 3 is 2.60 bits per heavy atom. The Balaban J connectivity index is 2.02. The van der Waals surface area contributed by atoms with Gasteiger partial charge in [0.05, 0.1) is 23.2 Å². The fraction of sp³-hybridized carbons (Fsp3) is 0.174. The maximum atomic E-state index is 13.5. The number of amides is 1. The number of methoxy groups -OCH3 is 1. The van der Waals surface area contributed by atoms with Crippen LogP contribution in [0.2, 0.25) is 0 Å². The fourth-order valence-corrected chi connectivity index (χ4v) is 3.83. The van der Waals surface area contributed by atoms with Crippen LogP contribution in [0.3, 0.4) is 0 Å². The van der Waals surface area contributed by atoms with Crippen molar-refractivity contribution in [2.24, 2.45) is 5.73 Å². The number of carbonyl (C=O) groups is 1. The van der Waals surface area contributed by atoms with Gasteiger partial charge in [-0.1, -0.05) is 24.3 Å². The number of hydrogen-bond donors (Lipinski definition) is 1. The maximum Gasteiger partial charge on any atom is 0.416 e. The zero-order chi connectivity index (χ0) is 21.5. The van der Waals surface area contributed by atoms with E-state index in [9.17, 15) is 18.0 Å². The first-order chi connectivity index (χ1) is 14.3. The molecule has 30 heavy (non-hydrogen) atoms. The number of halogens is 3. The van der Waals surface area contributed by atoms with Crippen LogP contribution in [0.1, 0.15) is 27.0 Å². The Bertz CT molecular complexity index is 1260. The molecule has 0 fully saturated rings. The lowest BCUT2D eigenvalue weighted by Crippen LogP contribution is -2.12. The van der Waals surface area contributed by atoms with Gasteiger partial charge in [-0.25, -0.2) is 0 Å². The predicted octanol–water partition coefficient (Wildman–Crippen LogP) is 4.91. The van der Waals surface area contributed by atoms with Crippen LogP contribution in [0.15, 0.2) is 54.6 Å². The highest BCUT2D eigenvalue weighted by Gasteiger charge is 2.33. The molecule has 0 aliphatic heterocycles. The number of ether oxygens (including phenoxy) is 1. The summed E-state index contributed by atoms with van der Waals surface area (Å²) in [6, 6.07) is 17.3. The van der Waals surface area contributed by atoms with Gasteiger partial charge in [-0.05, 0) is 47.5 Å². The molecule has 153 valence electrons. The van der Waals surface area contributed by atoms with Crippen molar-refractivity contribution in [1.82, 2.24) is 4.57 Å². The first-order valence-corrected chi connectivity index (χ1v) is 9.20. The van der Waals surface area contributed by atoms with Crippen LogP contribution in [-0.4, -0.2) is 17.6 Å². The van der Waals surface area contributed by atoms with Gasteiger partial charge in [0.25, 0.3) is 0 Å². The minimum Gasteiger partial charge on any atom is -0.380 e. The molecule has 1 aromatic heterocycles. The van der Waals surface area contributed by atoms with Crippen molar-refractivity contribution < 1.29 is 22.7 Å². The second kappa shape index (κ2) is 7.50. The summed E-state index contributed by atoms with van der Waals surface area (Å²) >= 11 is 0. The average molecular weight is 411 g/mol. The van der Waals surface area contributed by atoms with Crippen molar-refractivity contribution in [2.75, 3.05) is 7.11 Å².